The molecule has 3 rings (SSSR count). The molecule has 0 unspecified atom stereocenters. The Labute approximate surface area is 206 Å². The highest BCUT2D eigenvalue weighted by atomic mass is 19.4. The number of methoxy groups -OCH3 is 1. The molecule has 196 valence electrons. The zero-order valence-electron chi connectivity index (χ0n) is 20.7. The highest BCUT2D eigenvalue weighted by Crippen LogP contribution is 2.42. The number of hydrogen-bond acceptors (Lipinski definition) is 7. The van der Waals surface area contributed by atoms with Crippen LogP contribution in [0.25, 0.3) is 0 Å². The molecule has 8 nitrogen and oxygen atoms in total. The minimum Gasteiger partial charge on any atom is -0.495 e. The fraction of sp³-hybridized carbons (Fsp3) is 0.458. The normalized spacial score (nSPS) is 22.4. The lowest BCUT2D eigenvalue weighted by Gasteiger charge is -2.41. The van der Waals surface area contributed by atoms with Crippen molar-refractivity contribution in [3.8, 4) is 5.75 Å². The van der Waals surface area contributed by atoms with E-state index in [4.69, 9.17) is 14.2 Å². The van der Waals surface area contributed by atoms with Gasteiger partial charge < -0.3 is 19.5 Å². The zero-order chi connectivity index (χ0) is 26.9. The minimum absolute atomic E-state index is 0.193. The Balaban J connectivity index is 2.04. The van der Waals surface area contributed by atoms with E-state index in [0.29, 0.717) is 11.4 Å². The molecular weight excluding hydrogens is 484 g/mol. The van der Waals surface area contributed by atoms with E-state index >= 15 is 0 Å². The van der Waals surface area contributed by atoms with Crippen LogP contribution < -0.4 is 15.4 Å². The number of amides is 1. The summed E-state index contributed by atoms with van der Waals surface area (Å²) in [6.45, 7) is 6.09. The van der Waals surface area contributed by atoms with Gasteiger partial charge in [0.1, 0.15) is 40.1 Å². The lowest BCUT2D eigenvalue weighted by Crippen LogP contribution is -2.62. The van der Waals surface area contributed by atoms with E-state index in [-0.39, 0.29) is 11.5 Å². The van der Waals surface area contributed by atoms with Gasteiger partial charge in [0.2, 0.25) is 5.60 Å². The van der Waals surface area contributed by atoms with Crippen molar-refractivity contribution in [2.75, 3.05) is 19.0 Å². The summed E-state index contributed by atoms with van der Waals surface area (Å²) in [4.78, 5) is 20.7. The molecule has 2 aromatic rings. The van der Waals surface area contributed by atoms with Gasteiger partial charge in [-0.15, -0.1) is 0 Å². The molecule has 2 heterocycles. The molecule has 2 N–H and O–H groups in total. The van der Waals surface area contributed by atoms with Crippen molar-refractivity contribution >= 4 is 23.4 Å². The van der Waals surface area contributed by atoms with E-state index in [9.17, 15) is 22.4 Å². The summed E-state index contributed by atoms with van der Waals surface area (Å²) in [6, 6.07) is 9.41. The first kappa shape index (κ1) is 27.2. The minimum atomic E-state index is -4.94. The Hall–Kier alpha value is -3.41. The number of amidine groups is 1. The number of nitrogens with one attached hydrogen (secondary N) is 2. The van der Waals surface area contributed by atoms with E-state index in [1.807, 2.05) is 5.32 Å². The second kappa shape index (κ2) is 9.57. The largest absolute Gasteiger partial charge is 0.495 e. The average molecular weight is 513 g/mol. The lowest BCUT2D eigenvalue weighted by atomic mass is 9.93. The van der Waals surface area contributed by atoms with Crippen LogP contribution in [0.4, 0.5) is 33.9 Å². The first-order valence-electron chi connectivity index (χ1n) is 11.0. The zero-order valence-corrected chi connectivity index (χ0v) is 20.7. The van der Waals surface area contributed by atoms with Crippen molar-refractivity contribution in [3.63, 3.8) is 0 Å². The van der Waals surface area contributed by atoms with E-state index in [1.165, 1.54) is 20.1 Å². The number of aromatic nitrogens is 1. The number of carbonyl (C=O) groups excluding carboxylic acids is 1. The van der Waals surface area contributed by atoms with Gasteiger partial charge >= 0.3 is 12.3 Å². The Kier molecular flexibility index (Phi) is 7.22. The summed E-state index contributed by atoms with van der Waals surface area (Å²) >= 11 is 0. The van der Waals surface area contributed by atoms with Crippen LogP contribution in [0.3, 0.4) is 0 Å². The van der Waals surface area contributed by atoms with Gasteiger partial charge in [-0.05, 0) is 58.9 Å². The number of alkyl halides is 3. The fourth-order valence-electron chi connectivity index (χ4n) is 3.40. The van der Waals surface area contributed by atoms with Gasteiger partial charge in [0.25, 0.3) is 0 Å². The van der Waals surface area contributed by atoms with Crippen LogP contribution >= 0.6 is 0 Å². The standard InChI is InChI=1S/C24H28F4N4O4/c1-21(2,3)36-20(33)31-19-23(5,24(26,27)28)35-13-22(4,32-19)18-14(25)11-12-17(30-18)29-15-9-7-8-10-16(15)34-6/h7-12H,13H2,1-6H3,(H,29,30)(H,31,32,33)/t22-,23+/m0/s1. The van der Waals surface area contributed by atoms with Gasteiger partial charge in [0.15, 0.2) is 0 Å². The number of rotatable bonds is 4. The predicted molar refractivity (Wildman–Crippen MR) is 125 cm³/mol. The van der Waals surface area contributed by atoms with Crippen molar-refractivity contribution in [1.82, 2.24) is 10.3 Å². The molecule has 1 amide bonds. The number of anilines is 2. The highest BCUT2D eigenvalue weighted by molar-refractivity contribution is 6.01. The number of carbonyl (C=O) groups is 1. The first-order chi connectivity index (χ1) is 16.6. The summed E-state index contributed by atoms with van der Waals surface area (Å²) < 4.78 is 72.4. The average Bonchev–Trinajstić information content (AvgIpc) is 2.76. The van der Waals surface area contributed by atoms with E-state index in [0.717, 1.165) is 13.0 Å². The monoisotopic (exact) mass is 512 g/mol. The number of pyridine rings is 1. The van der Waals surface area contributed by atoms with Crippen molar-refractivity contribution in [1.29, 1.82) is 0 Å². The molecule has 0 spiro atoms. The van der Waals surface area contributed by atoms with Crippen LogP contribution in [0, 0.1) is 5.82 Å². The number of alkyl carbamates (subject to hydrolysis) is 1. The van der Waals surface area contributed by atoms with Crippen molar-refractivity contribution in [2.45, 2.75) is 57.5 Å². The summed E-state index contributed by atoms with van der Waals surface area (Å²) in [5.41, 5.74) is -5.40. The van der Waals surface area contributed by atoms with Gasteiger partial charge in [0, 0.05) is 0 Å². The van der Waals surface area contributed by atoms with Gasteiger partial charge in [0.05, 0.1) is 19.4 Å². The molecule has 0 saturated heterocycles. The predicted octanol–water partition coefficient (Wildman–Crippen LogP) is 5.46. The van der Waals surface area contributed by atoms with Crippen LogP contribution in [-0.2, 0) is 15.0 Å². The van der Waals surface area contributed by atoms with Crippen LogP contribution in [0.2, 0.25) is 0 Å². The van der Waals surface area contributed by atoms with Gasteiger partial charge in [-0.1, -0.05) is 12.1 Å². The van der Waals surface area contributed by atoms with Crippen LogP contribution in [-0.4, -0.2) is 48.0 Å². The SMILES string of the molecule is COc1ccccc1Nc1ccc(F)c([C@]2(C)CO[C@@](C)(C(F)(F)F)C(NC(=O)OC(C)(C)C)=N2)n1. The Bertz CT molecular complexity index is 1170. The van der Waals surface area contributed by atoms with Gasteiger partial charge in [-0.3, -0.25) is 10.3 Å². The maximum absolute atomic E-state index is 14.9. The third-order valence-corrected chi connectivity index (χ3v) is 5.34. The second-order valence-corrected chi connectivity index (χ2v) is 9.53. The van der Waals surface area contributed by atoms with Crippen molar-refractivity contribution < 1.29 is 36.6 Å². The molecule has 36 heavy (non-hydrogen) atoms. The molecule has 0 bridgehead atoms. The third-order valence-electron chi connectivity index (χ3n) is 5.34. The molecule has 1 aromatic heterocycles. The molecule has 1 aliphatic rings. The topological polar surface area (TPSA) is 94.1 Å². The maximum Gasteiger partial charge on any atom is 0.424 e. The number of halogens is 4. The molecule has 0 fully saturated rings. The van der Waals surface area contributed by atoms with Crippen LogP contribution in [0.1, 0.15) is 40.3 Å². The summed E-state index contributed by atoms with van der Waals surface area (Å²) in [5.74, 6) is -0.997. The molecule has 0 aliphatic carbocycles. The van der Waals surface area contributed by atoms with Crippen molar-refractivity contribution in [3.05, 3.63) is 47.9 Å². The quantitative estimate of drug-likeness (QED) is 0.529. The second-order valence-electron chi connectivity index (χ2n) is 9.53. The van der Waals surface area contributed by atoms with Crippen LogP contribution in [0.5, 0.6) is 5.75 Å². The number of para-hydroxylation sites is 2. The Morgan fingerprint density at radius 2 is 1.78 bits per heavy atom. The summed E-state index contributed by atoms with van der Waals surface area (Å²) in [5, 5.41) is 5.04. The Morgan fingerprint density at radius 3 is 2.39 bits per heavy atom. The molecule has 1 aliphatic heterocycles. The highest BCUT2D eigenvalue weighted by Gasteiger charge is 2.60. The lowest BCUT2D eigenvalue weighted by molar-refractivity contribution is -0.250. The van der Waals surface area contributed by atoms with Gasteiger partial charge in [-0.25, -0.2) is 14.2 Å². The van der Waals surface area contributed by atoms with Gasteiger partial charge in [-0.2, -0.15) is 13.2 Å². The summed E-state index contributed by atoms with van der Waals surface area (Å²) in [6.07, 6.45) is -6.11. The number of ether oxygens (including phenoxy) is 3. The number of aliphatic imine (C=N–C) groups is 1. The number of benzene rings is 1. The maximum atomic E-state index is 14.9. The smallest absolute Gasteiger partial charge is 0.424 e. The number of nitrogens with zero attached hydrogens (tertiary/aromatic N) is 2. The molecular formula is C24H28F4N4O4. The Morgan fingerprint density at radius 1 is 1.11 bits per heavy atom. The van der Waals surface area contributed by atoms with E-state index in [1.54, 1.807) is 45.0 Å². The molecule has 2 atom stereocenters. The molecule has 0 radical (unpaired) electrons. The number of hydrogen-bond donors (Lipinski definition) is 2. The molecule has 0 saturated carbocycles. The van der Waals surface area contributed by atoms with E-state index in [2.05, 4.69) is 15.3 Å². The van der Waals surface area contributed by atoms with E-state index < -0.39 is 47.3 Å². The third kappa shape index (κ3) is 5.69. The molecule has 12 heteroatoms. The molecule has 1 aromatic carbocycles. The first-order valence-corrected chi connectivity index (χ1v) is 11.0. The summed E-state index contributed by atoms with van der Waals surface area (Å²) in [7, 11) is 1.48. The van der Waals surface area contributed by atoms with Crippen LogP contribution in [0.15, 0.2) is 41.4 Å². The van der Waals surface area contributed by atoms with Crippen molar-refractivity contribution in [2.24, 2.45) is 4.99 Å². The fourth-order valence-corrected chi connectivity index (χ4v) is 3.40.